The number of hydrogen-bond acceptors (Lipinski definition) is 3. The summed E-state index contributed by atoms with van der Waals surface area (Å²) in [6.45, 7) is 0.441. The lowest BCUT2D eigenvalue weighted by molar-refractivity contribution is -0.117. The molecule has 0 fully saturated rings. The smallest absolute Gasteiger partial charge is 0.251 e. The van der Waals surface area contributed by atoms with Gasteiger partial charge in [-0.3, -0.25) is 9.59 Å². The number of carbonyl (C=O) groups is 2. The van der Waals surface area contributed by atoms with Gasteiger partial charge < -0.3 is 15.1 Å². The molecule has 2 amide bonds. The van der Waals surface area contributed by atoms with Crippen LogP contribution in [0, 0.1) is 0 Å². The quantitative estimate of drug-likeness (QED) is 0.938. The van der Waals surface area contributed by atoms with Gasteiger partial charge in [0, 0.05) is 44.6 Å². The van der Waals surface area contributed by atoms with E-state index in [0.717, 1.165) is 22.5 Å². The van der Waals surface area contributed by atoms with Gasteiger partial charge in [-0.1, -0.05) is 18.2 Å². The van der Waals surface area contributed by atoms with Crippen LogP contribution in [0.1, 0.15) is 21.5 Å². The van der Waals surface area contributed by atoms with Gasteiger partial charge in [-0.25, -0.2) is 0 Å². The predicted molar refractivity (Wildman–Crippen MR) is 95.5 cm³/mol. The highest BCUT2D eigenvalue weighted by atomic mass is 16.2. The average molecular weight is 323 g/mol. The Morgan fingerprint density at radius 3 is 2.75 bits per heavy atom. The molecule has 1 heterocycles. The lowest BCUT2D eigenvalue weighted by Gasteiger charge is -2.14. The molecule has 24 heavy (non-hydrogen) atoms. The van der Waals surface area contributed by atoms with Gasteiger partial charge in [0.15, 0.2) is 0 Å². The van der Waals surface area contributed by atoms with Gasteiger partial charge in [0.25, 0.3) is 5.91 Å². The topological polar surface area (TPSA) is 52.7 Å². The summed E-state index contributed by atoms with van der Waals surface area (Å²) in [6.07, 6.45) is 0.429. The zero-order chi connectivity index (χ0) is 17.3. The zero-order valence-electron chi connectivity index (χ0n) is 14.2. The molecular weight excluding hydrogens is 302 g/mol. The third-order valence-corrected chi connectivity index (χ3v) is 4.30. The van der Waals surface area contributed by atoms with Crippen molar-refractivity contribution >= 4 is 23.2 Å². The lowest BCUT2D eigenvalue weighted by atomic mass is 10.1. The number of likely N-dealkylation sites (N-methyl/N-ethyl adjacent to an activating group) is 1. The summed E-state index contributed by atoms with van der Waals surface area (Å²) in [5.41, 5.74) is 4.59. The van der Waals surface area contributed by atoms with Crippen LogP contribution in [-0.4, -0.2) is 33.0 Å². The van der Waals surface area contributed by atoms with E-state index in [1.807, 2.05) is 55.4 Å². The van der Waals surface area contributed by atoms with Crippen LogP contribution in [0.5, 0.6) is 0 Å². The number of amides is 2. The first-order valence-corrected chi connectivity index (χ1v) is 7.89. The minimum Gasteiger partial charge on any atom is -0.378 e. The highest BCUT2D eigenvalue weighted by Gasteiger charge is 2.23. The number of fused-ring (bicyclic) bond motifs is 1. The molecule has 0 radical (unpaired) electrons. The Bertz CT molecular complexity index is 799. The van der Waals surface area contributed by atoms with Crippen LogP contribution < -0.4 is 15.1 Å². The molecule has 0 unspecified atom stereocenters. The highest BCUT2D eigenvalue weighted by Crippen LogP contribution is 2.28. The second-order valence-corrected chi connectivity index (χ2v) is 6.22. The van der Waals surface area contributed by atoms with Crippen molar-refractivity contribution in [1.29, 1.82) is 0 Å². The third kappa shape index (κ3) is 3.11. The van der Waals surface area contributed by atoms with E-state index in [1.54, 1.807) is 18.0 Å². The van der Waals surface area contributed by atoms with Crippen molar-refractivity contribution in [3.05, 3.63) is 59.2 Å². The van der Waals surface area contributed by atoms with E-state index >= 15 is 0 Å². The van der Waals surface area contributed by atoms with E-state index in [-0.39, 0.29) is 11.8 Å². The van der Waals surface area contributed by atoms with E-state index < -0.39 is 0 Å². The molecule has 1 aliphatic rings. The Balaban J connectivity index is 1.68. The monoisotopic (exact) mass is 323 g/mol. The van der Waals surface area contributed by atoms with Gasteiger partial charge in [0.1, 0.15) is 0 Å². The molecular formula is C19H21N3O2. The molecule has 0 atom stereocenters. The summed E-state index contributed by atoms with van der Waals surface area (Å²) < 4.78 is 0. The molecule has 1 N–H and O–H groups in total. The van der Waals surface area contributed by atoms with Gasteiger partial charge in [0.05, 0.1) is 6.42 Å². The van der Waals surface area contributed by atoms with E-state index in [1.165, 1.54) is 0 Å². The number of carbonyl (C=O) groups excluding carboxylic acids is 2. The molecule has 0 aromatic heterocycles. The number of benzene rings is 2. The van der Waals surface area contributed by atoms with Crippen LogP contribution in [0.25, 0.3) is 0 Å². The van der Waals surface area contributed by atoms with Gasteiger partial charge in [-0.2, -0.15) is 0 Å². The van der Waals surface area contributed by atoms with E-state index in [4.69, 9.17) is 0 Å². The Hall–Kier alpha value is -2.82. The maximum absolute atomic E-state index is 12.3. The Kier molecular flexibility index (Phi) is 4.25. The molecule has 5 heteroatoms. The second kappa shape index (κ2) is 6.35. The molecule has 5 nitrogen and oxygen atoms in total. The molecule has 2 aromatic carbocycles. The predicted octanol–water partition coefficient (Wildman–Crippen LogP) is 2.20. The molecule has 0 bridgehead atoms. The summed E-state index contributed by atoms with van der Waals surface area (Å²) in [7, 11) is 5.67. The molecule has 2 aromatic rings. The van der Waals surface area contributed by atoms with Crippen molar-refractivity contribution in [2.45, 2.75) is 13.0 Å². The van der Waals surface area contributed by atoms with Crippen molar-refractivity contribution in [2.75, 3.05) is 30.9 Å². The van der Waals surface area contributed by atoms with Gasteiger partial charge in [-0.05, 0) is 35.4 Å². The van der Waals surface area contributed by atoms with Crippen molar-refractivity contribution in [3.8, 4) is 0 Å². The first-order chi connectivity index (χ1) is 11.5. The van der Waals surface area contributed by atoms with Crippen LogP contribution in [0.4, 0.5) is 11.4 Å². The van der Waals surface area contributed by atoms with Gasteiger partial charge >= 0.3 is 0 Å². The van der Waals surface area contributed by atoms with E-state index in [0.29, 0.717) is 18.5 Å². The first kappa shape index (κ1) is 16.1. The van der Waals surface area contributed by atoms with Crippen LogP contribution >= 0.6 is 0 Å². The van der Waals surface area contributed by atoms with Crippen molar-refractivity contribution in [3.63, 3.8) is 0 Å². The summed E-state index contributed by atoms with van der Waals surface area (Å²) in [6, 6.07) is 13.4. The van der Waals surface area contributed by atoms with Crippen LogP contribution in [0.3, 0.4) is 0 Å². The minimum absolute atomic E-state index is 0.103. The van der Waals surface area contributed by atoms with Crippen molar-refractivity contribution < 1.29 is 9.59 Å². The van der Waals surface area contributed by atoms with E-state index in [2.05, 4.69) is 5.32 Å². The normalized spacial score (nSPS) is 13.0. The van der Waals surface area contributed by atoms with Crippen molar-refractivity contribution in [1.82, 2.24) is 5.32 Å². The fourth-order valence-corrected chi connectivity index (χ4v) is 2.84. The number of anilines is 2. The van der Waals surface area contributed by atoms with Crippen LogP contribution in [0.15, 0.2) is 42.5 Å². The summed E-state index contributed by atoms with van der Waals surface area (Å²) >= 11 is 0. The SMILES string of the molecule is CN(C)c1cccc(C(=O)NCc2ccc3c(c2)CC(=O)N3C)c1. The maximum atomic E-state index is 12.3. The molecule has 0 aliphatic carbocycles. The zero-order valence-corrected chi connectivity index (χ0v) is 14.2. The Labute approximate surface area is 141 Å². The lowest BCUT2D eigenvalue weighted by Crippen LogP contribution is -2.23. The van der Waals surface area contributed by atoms with Gasteiger partial charge in [0.2, 0.25) is 5.91 Å². The largest absolute Gasteiger partial charge is 0.378 e. The standard InChI is InChI=1S/C19H21N3O2/c1-21(2)16-6-4-5-14(10-16)19(24)20-12-13-7-8-17-15(9-13)11-18(23)22(17)3/h4-10H,11-12H2,1-3H3,(H,20,24). The Morgan fingerprint density at radius 2 is 2.00 bits per heavy atom. The Morgan fingerprint density at radius 1 is 1.21 bits per heavy atom. The van der Waals surface area contributed by atoms with Gasteiger partial charge in [-0.15, -0.1) is 0 Å². The number of hydrogen-bond donors (Lipinski definition) is 1. The molecule has 0 saturated carbocycles. The summed E-state index contributed by atoms with van der Waals surface area (Å²) in [5.74, 6) is -0.000853. The minimum atomic E-state index is -0.104. The third-order valence-electron chi connectivity index (χ3n) is 4.30. The van der Waals surface area contributed by atoms with E-state index in [9.17, 15) is 9.59 Å². The highest BCUT2D eigenvalue weighted by molar-refractivity contribution is 6.01. The fourth-order valence-electron chi connectivity index (χ4n) is 2.84. The molecule has 0 saturated heterocycles. The van der Waals surface area contributed by atoms with Crippen LogP contribution in [0.2, 0.25) is 0 Å². The fraction of sp³-hybridized carbons (Fsp3) is 0.263. The number of nitrogens with zero attached hydrogens (tertiary/aromatic N) is 2. The number of nitrogens with one attached hydrogen (secondary N) is 1. The molecule has 3 rings (SSSR count). The summed E-state index contributed by atoms with van der Waals surface area (Å²) in [5, 5.41) is 2.94. The molecule has 1 aliphatic heterocycles. The average Bonchev–Trinajstić information content (AvgIpc) is 2.86. The van der Waals surface area contributed by atoms with Crippen molar-refractivity contribution in [2.24, 2.45) is 0 Å². The maximum Gasteiger partial charge on any atom is 0.251 e. The number of rotatable bonds is 4. The first-order valence-electron chi connectivity index (χ1n) is 7.89. The summed E-state index contributed by atoms with van der Waals surface area (Å²) in [4.78, 5) is 27.7. The second-order valence-electron chi connectivity index (χ2n) is 6.22. The van der Waals surface area contributed by atoms with Crippen LogP contribution in [-0.2, 0) is 17.8 Å². The molecule has 0 spiro atoms. The molecule has 124 valence electrons.